The molecule has 102 valence electrons. The van der Waals surface area contributed by atoms with Gasteiger partial charge in [0.25, 0.3) is 0 Å². The van der Waals surface area contributed by atoms with Crippen molar-refractivity contribution in [2.45, 2.75) is 6.54 Å². The van der Waals surface area contributed by atoms with Gasteiger partial charge in [0, 0.05) is 29.2 Å². The van der Waals surface area contributed by atoms with E-state index in [-0.39, 0.29) is 0 Å². The third-order valence-electron chi connectivity index (χ3n) is 3.34. The van der Waals surface area contributed by atoms with E-state index in [0.29, 0.717) is 16.6 Å². The van der Waals surface area contributed by atoms with Gasteiger partial charge in [0.1, 0.15) is 5.82 Å². The number of nitrogens with two attached hydrogens (primary N) is 1. The minimum Gasteiger partial charge on any atom is -0.327 e. The highest BCUT2D eigenvalue weighted by Gasteiger charge is 2.13. The van der Waals surface area contributed by atoms with E-state index in [9.17, 15) is 0 Å². The third-order valence-corrected chi connectivity index (χ3v) is 3.77. The molecule has 0 saturated heterocycles. The number of hydrogen-bond donors (Lipinski definition) is 1. The van der Waals surface area contributed by atoms with Crippen LogP contribution in [0.15, 0.2) is 36.4 Å². The first kappa shape index (κ1) is 13.4. The lowest BCUT2D eigenvalue weighted by molar-refractivity contribution is 0.959. The van der Waals surface area contributed by atoms with Crippen molar-refractivity contribution in [3.05, 3.63) is 52.0 Å². The summed E-state index contributed by atoms with van der Waals surface area (Å²) in [4.78, 5) is 4.70. The minimum atomic E-state index is 0.462. The molecule has 3 rings (SSSR count). The number of halogens is 2. The first-order valence-electron chi connectivity index (χ1n) is 6.21. The van der Waals surface area contributed by atoms with Gasteiger partial charge in [-0.05, 0) is 29.8 Å². The van der Waals surface area contributed by atoms with Crippen molar-refractivity contribution in [3.8, 4) is 11.4 Å². The van der Waals surface area contributed by atoms with E-state index < -0.39 is 0 Å². The molecule has 0 aliphatic heterocycles. The Kier molecular flexibility index (Phi) is 3.42. The van der Waals surface area contributed by atoms with Gasteiger partial charge in [-0.15, -0.1) is 0 Å². The molecule has 3 nitrogen and oxygen atoms in total. The van der Waals surface area contributed by atoms with Crippen LogP contribution in [0.5, 0.6) is 0 Å². The second-order valence-corrected chi connectivity index (χ2v) is 5.51. The van der Waals surface area contributed by atoms with Crippen molar-refractivity contribution in [1.82, 2.24) is 9.55 Å². The molecule has 0 bridgehead atoms. The molecule has 0 fully saturated rings. The number of rotatable bonds is 2. The standard InChI is InChI=1S/C15H13Cl2N3/c1-20-13-4-2-3-9(8-18)14(13)19-15(20)10-5-11(16)7-12(17)6-10/h2-7H,8,18H2,1H3. The molecule has 0 radical (unpaired) electrons. The molecule has 0 aliphatic carbocycles. The molecule has 5 heteroatoms. The lowest BCUT2D eigenvalue weighted by Gasteiger charge is -2.04. The van der Waals surface area contributed by atoms with Gasteiger partial charge in [-0.1, -0.05) is 35.3 Å². The molecular formula is C15H13Cl2N3. The van der Waals surface area contributed by atoms with E-state index in [2.05, 4.69) is 0 Å². The number of nitrogens with zero attached hydrogens (tertiary/aromatic N) is 2. The van der Waals surface area contributed by atoms with Crippen molar-refractivity contribution < 1.29 is 0 Å². The van der Waals surface area contributed by atoms with Crippen LogP contribution in [0.2, 0.25) is 10.0 Å². The van der Waals surface area contributed by atoms with Crippen molar-refractivity contribution >= 4 is 34.2 Å². The maximum atomic E-state index is 6.07. The number of para-hydroxylation sites is 1. The summed E-state index contributed by atoms with van der Waals surface area (Å²) in [7, 11) is 1.97. The highest BCUT2D eigenvalue weighted by Crippen LogP contribution is 2.29. The Morgan fingerprint density at radius 1 is 1.15 bits per heavy atom. The number of aromatic nitrogens is 2. The SMILES string of the molecule is Cn1c(-c2cc(Cl)cc(Cl)c2)nc2c(CN)cccc21. The van der Waals surface area contributed by atoms with Crippen LogP contribution in [0.25, 0.3) is 22.4 Å². The summed E-state index contributed by atoms with van der Waals surface area (Å²) >= 11 is 12.1. The summed E-state index contributed by atoms with van der Waals surface area (Å²) in [6.07, 6.45) is 0. The predicted octanol–water partition coefficient (Wildman–Crippen LogP) is 4.01. The van der Waals surface area contributed by atoms with Crippen LogP contribution in [0.1, 0.15) is 5.56 Å². The molecule has 0 unspecified atom stereocenters. The van der Waals surface area contributed by atoms with E-state index in [4.69, 9.17) is 33.9 Å². The molecule has 2 aromatic carbocycles. The van der Waals surface area contributed by atoms with E-state index in [1.54, 1.807) is 6.07 Å². The molecule has 2 N–H and O–H groups in total. The molecule has 3 aromatic rings. The molecule has 1 heterocycles. The van der Waals surface area contributed by atoms with Gasteiger partial charge in [0.2, 0.25) is 0 Å². The van der Waals surface area contributed by atoms with Crippen molar-refractivity contribution in [3.63, 3.8) is 0 Å². The molecular weight excluding hydrogens is 293 g/mol. The van der Waals surface area contributed by atoms with Crippen LogP contribution < -0.4 is 5.73 Å². The molecule has 0 amide bonds. The highest BCUT2D eigenvalue weighted by molar-refractivity contribution is 6.35. The quantitative estimate of drug-likeness (QED) is 0.777. The second kappa shape index (κ2) is 5.09. The minimum absolute atomic E-state index is 0.462. The molecule has 20 heavy (non-hydrogen) atoms. The fourth-order valence-corrected chi connectivity index (χ4v) is 2.90. The number of aryl methyl sites for hydroxylation is 1. The maximum absolute atomic E-state index is 6.07. The van der Waals surface area contributed by atoms with Crippen LogP contribution in [0.3, 0.4) is 0 Å². The van der Waals surface area contributed by atoms with Crippen LogP contribution in [0.4, 0.5) is 0 Å². The summed E-state index contributed by atoms with van der Waals surface area (Å²) in [5, 5.41) is 1.19. The van der Waals surface area contributed by atoms with Gasteiger partial charge in [-0.2, -0.15) is 0 Å². The summed E-state index contributed by atoms with van der Waals surface area (Å²) in [5.41, 5.74) is 9.65. The Morgan fingerprint density at radius 2 is 1.85 bits per heavy atom. The van der Waals surface area contributed by atoms with Crippen LogP contribution >= 0.6 is 23.2 Å². The summed E-state index contributed by atoms with van der Waals surface area (Å²) in [6, 6.07) is 11.4. The van der Waals surface area contributed by atoms with E-state index in [1.165, 1.54) is 0 Å². The number of fused-ring (bicyclic) bond motifs is 1. The van der Waals surface area contributed by atoms with Gasteiger partial charge in [-0.25, -0.2) is 4.98 Å². The number of hydrogen-bond acceptors (Lipinski definition) is 2. The van der Waals surface area contributed by atoms with Gasteiger partial charge < -0.3 is 10.3 Å². The Labute approximate surface area is 126 Å². The summed E-state index contributed by atoms with van der Waals surface area (Å²) in [6.45, 7) is 0.462. The fraction of sp³-hybridized carbons (Fsp3) is 0.133. The van der Waals surface area contributed by atoms with Crippen LogP contribution in [0, 0.1) is 0 Å². The van der Waals surface area contributed by atoms with E-state index >= 15 is 0 Å². The van der Waals surface area contributed by atoms with E-state index in [1.807, 2.05) is 41.9 Å². The van der Waals surface area contributed by atoms with Gasteiger partial charge in [0.15, 0.2) is 0 Å². The zero-order valence-electron chi connectivity index (χ0n) is 10.9. The Bertz CT molecular complexity index is 773. The predicted molar refractivity (Wildman–Crippen MR) is 84.1 cm³/mol. The highest BCUT2D eigenvalue weighted by atomic mass is 35.5. The number of benzene rings is 2. The first-order chi connectivity index (χ1) is 9.60. The molecule has 0 saturated carbocycles. The van der Waals surface area contributed by atoms with Gasteiger partial charge >= 0.3 is 0 Å². The molecule has 0 aliphatic rings. The summed E-state index contributed by atoms with van der Waals surface area (Å²) < 4.78 is 2.02. The van der Waals surface area contributed by atoms with E-state index in [0.717, 1.165) is 28.0 Å². The molecule has 0 atom stereocenters. The van der Waals surface area contributed by atoms with Crippen LogP contribution in [-0.2, 0) is 13.6 Å². The zero-order valence-corrected chi connectivity index (χ0v) is 12.4. The Morgan fingerprint density at radius 3 is 2.50 bits per heavy atom. The Hall–Kier alpha value is -1.55. The number of imidazole rings is 1. The molecule has 0 spiro atoms. The lowest BCUT2D eigenvalue weighted by atomic mass is 10.2. The topological polar surface area (TPSA) is 43.8 Å². The lowest BCUT2D eigenvalue weighted by Crippen LogP contribution is -1.97. The van der Waals surface area contributed by atoms with Crippen LogP contribution in [-0.4, -0.2) is 9.55 Å². The molecule has 1 aromatic heterocycles. The van der Waals surface area contributed by atoms with Crippen molar-refractivity contribution in [2.75, 3.05) is 0 Å². The fourth-order valence-electron chi connectivity index (χ4n) is 2.38. The third kappa shape index (κ3) is 2.18. The average Bonchev–Trinajstić information content (AvgIpc) is 2.75. The normalized spacial score (nSPS) is 11.2. The maximum Gasteiger partial charge on any atom is 0.140 e. The zero-order chi connectivity index (χ0) is 14.3. The second-order valence-electron chi connectivity index (χ2n) is 4.64. The van der Waals surface area contributed by atoms with Gasteiger partial charge in [0.05, 0.1) is 11.0 Å². The Balaban J connectivity index is 2.29. The monoisotopic (exact) mass is 305 g/mol. The largest absolute Gasteiger partial charge is 0.327 e. The van der Waals surface area contributed by atoms with Crippen molar-refractivity contribution in [1.29, 1.82) is 0 Å². The van der Waals surface area contributed by atoms with Gasteiger partial charge in [-0.3, -0.25) is 0 Å². The first-order valence-corrected chi connectivity index (χ1v) is 6.96. The summed E-state index contributed by atoms with van der Waals surface area (Å²) in [5.74, 6) is 0.824. The average molecular weight is 306 g/mol. The van der Waals surface area contributed by atoms with Crippen molar-refractivity contribution in [2.24, 2.45) is 12.8 Å². The smallest absolute Gasteiger partial charge is 0.140 e.